The number of halogens is 2. The van der Waals surface area contributed by atoms with Gasteiger partial charge in [0.1, 0.15) is 17.3 Å². The van der Waals surface area contributed by atoms with Crippen molar-refractivity contribution in [2.24, 2.45) is 0 Å². The molecule has 136 valence electrons. The van der Waals surface area contributed by atoms with Crippen molar-refractivity contribution in [3.05, 3.63) is 76.4 Å². The van der Waals surface area contributed by atoms with Gasteiger partial charge >= 0.3 is 0 Å². The average molecular weight is 385 g/mol. The van der Waals surface area contributed by atoms with Crippen molar-refractivity contribution in [3.8, 4) is 0 Å². The number of fused-ring (bicyclic) bond motifs is 1. The number of hydrogen-bond donors (Lipinski definition) is 1. The molecule has 0 saturated carbocycles. The second-order valence-corrected chi connectivity index (χ2v) is 7.05. The van der Waals surface area contributed by atoms with E-state index >= 15 is 0 Å². The van der Waals surface area contributed by atoms with Crippen LogP contribution in [-0.2, 0) is 17.6 Å². The maximum absolute atomic E-state index is 13.3. The van der Waals surface area contributed by atoms with Crippen LogP contribution in [0.3, 0.4) is 0 Å². The van der Waals surface area contributed by atoms with Crippen molar-refractivity contribution in [2.45, 2.75) is 12.8 Å². The highest BCUT2D eigenvalue weighted by Gasteiger charge is 2.14. The lowest BCUT2D eigenvalue weighted by atomic mass is 10.1. The first-order valence-electron chi connectivity index (χ1n) is 8.09. The average Bonchev–Trinajstić information content (AvgIpc) is 3.21. The van der Waals surface area contributed by atoms with Gasteiger partial charge in [-0.15, -0.1) is 11.3 Å². The van der Waals surface area contributed by atoms with Crippen molar-refractivity contribution in [1.82, 2.24) is 10.1 Å². The topological polar surface area (TPSA) is 68.0 Å². The van der Waals surface area contributed by atoms with E-state index in [1.165, 1.54) is 23.5 Å². The Hall–Kier alpha value is -3.13. The predicted molar refractivity (Wildman–Crippen MR) is 97.6 cm³/mol. The van der Waals surface area contributed by atoms with Gasteiger partial charge in [0, 0.05) is 28.9 Å². The van der Waals surface area contributed by atoms with Gasteiger partial charge in [0.05, 0.1) is 6.42 Å². The highest BCUT2D eigenvalue weighted by molar-refractivity contribution is 7.15. The van der Waals surface area contributed by atoms with Crippen LogP contribution in [0.2, 0.25) is 0 Å². The molecule has 0 saturated heterocycles. The molecule has 0 fully saturated rings. The normalized spacial score (nSPS) is 11.0. The molecule has 4 rings (SSSR count). The standard InChI is InChI=1S/C19H13F2N3O2S/c20-12-5-11(6-13(21)8-12)7-14-10-22-19(27-14)23-18(25)9-16-15-3-1-2-4-17(15)26-24-16/h1-6,8,10H,7,9H2,(H,22,23,25). The Bertz CT molecular complexity index is 1100. The molecule has 2 heterocycles. The number of anilines is 1. The molecule has 4 aromatic rings. The minimum Gasteiger partial charge on any atom is -0.356 e. The molecule has 5 nitrogen and oxygen atoms in total. The van der Waals surface area contributed by atoms with Gasteiger partial charge in [0.2, 0.25) is 5.91 Å². The summed E-state index contributed by atoms with van der Waals surface area (Å²) >= 11 is 1.25. The molecule has 8 heteroatoms. The Morgan fingerprint density at radius 3 is 2.74 bits per heavy atom. The molecule has 0 aliphatic rings. The van der Waals surface area contributed by atoms with E-state index in [0.29, 0.717) is 28.4 Å². The number of aromatic nitrogens is 2. The fraction of sp³-hybridized carbons (Fsp3) is 0.105. The number of nitrogens with one attached hydrogen (secondary N) is 1. The SMILES string of the molecule is O=C(Cc1noc2ccccc12)Nc1ncc(Cc2cc(F)cc(F)c2)s1. The van der Waals surface area contributed by atoms with E-state index in [2.05, 4.69) is 15.5 Å². The summed E-state index contributed by atoms with van der Waals surface area (Å²) in [7, 11) is 0. The summed E-state index contributed by atoms with van der Waals surface area (Å²) in [6.07, 6.45) is 1.96. The van der Waals surface area contributed by atoms with Gasteiger partial charge in [0.25, 0.3) is 0 Å². The van der Waals surface area contributed by atoms with Crippen LogP contribution >= 0.6 is 11.3 Å². The molecule has 1 N–H and O–H groups in total. The lowest BCUT2D eigenvalue weighted by Gasteiger charge is -2.00. The summed E-state index contributed by atoms with van der Waals surface area (Å²) in [6.45, 7) is 0. The third kappa shape index (κ3) is 4.01. The van der Waals surface area contributed by atoms with Crippen LogP contribution in [0.1, 0.15) is 16.1 Å². The van der Waals surface area contributed by atoms with Crippen LogP contribution in [0.5, 0.6) is 0 Å². The van der Waals surface area contributed by atoms with Crippen molar-refractivity contribution in [2.75, 3.05) is 5.32 Å². The van der Waals surface area contributed by atoms with Gasteiger partial charge in [-0.25, -0.2) is 13.8 Å². The van der Waals surface area contributed by atoms with Crippen molar-refractivity contribution >= 4 is 33.3 Å². The van der Waals surface area contributed by atoms with Gasteiger partial charge in [0.15, 0.2) is 10.7 Å². The number of nitrogens with zero attached hydrogens (tertiary/aromatic N) is 2. The first-order chi connectivity index (χ1) is 13.1. The van der Waals surface area contributed by atoms with Gasteiger partial charge in [-0.3, -0.25) is 4.79 Å². The summed E-state index contributed by atoms with van der Waals surface area (Å²) < 4.78 is 31.7. The van der Waals surface area contributed by atoms with E-state index in [4.69, 9.17) is 4.52 Å². The number of hydrogen-bond acceptors (Lipinski definition) is 5. The van der Waals surface area contributed by atoms with Crippen LogP contribution < -0.4 is 5.32 Å². The zero-order valence-corrected chi connectivity index (χ0v) is 14.7. The Balaban J connectivity index is 1.42. The summed E-state index contributed by atoms with van der Waals surface area (Å²) in [5, 5.41) is 7.85. The second kappa shape index (κ2) is 7.24. The number of thiazole rings is 1. The smallest absolute Gasteiger partial charge is 0.232 e. The molecule has 0 spiro atoms. The Morgan fingerprint density at radius 2 is 1.93 bits per heavy atom. The van der Waals surface area contributed by atoms with Gasteiger partial charge < -0.3 is 9.84 Å². The summed E-state index contributed by atoms with van der Waals surface area (Å²) in [5.74, 6) is -1.52. The van der Waals surface area contributed by atoms with E-state index < -0.39 is 11.6 Å². The number of rotatable bonds is 5. The molecule has 0 aliphatic heterocycles. The zero-order chi connectivity index (χ0) is 18.8. The van der Waals surface area contributed by atoms with E-state index in [1.54, 1.807) is 12.3 Å². The Kier molecular flexibility index (Phi) is 4.64. The van der Waals surface area contributed by atoms with Crippen LogP contribution in [0.25, 0.3) is 11.0 Å². The minimum absolute atomic E-state index is 0.0566. The van der Waals surface area contributed by atoms with Crippen LogP contribution in [-0.4, -0.2) is 16.0 Å². The molecule has 0 unspecified atom stereocenters. The highest BCUT2D eigenvalue weighted by atomic mass is 32.1. The molecule has 2 aromatic heterocycles. The first-order valence-corrected chi connectivity index (χ1v) is 8.91. The number of amides is 1. The zero-order valence-electron chi connectivity index (χ0n) is 13.9. The molecule has 0 radical (unpaired) electrons. The monoisotopic (exact) mass is 385 g/mol. The molecule has 2 aromatic carbocycles. The summed E-state index contributed by atoms with van der Waals surface area (Å²) in [4.78, 5) is 17.2. The van der Waals surface area contributed by atoms with Crippen LogP contribution in [0.4, 0.5) is 13.9 Å². The number of para-hydroxylation sites is 1. The van der Waals surface area contributed by atoms with E-state index in [0.717, 1.165) is 16.3 Å². The summed E-state index contributed by atoms with van der Waals surface area (Å²) in [6, 6.07) is 10.7. The van der Waals surface area contributed by atoms with Crippen LogP contribution in [0.15, 0.2) is 53.2 Å². The molecule has 0 atom stereocenters. The number of carbonyl (C=O) groups is 1. The molecule has 0 aliphatic carbocycles. The van der Waals surface area contributed by atoms with Crippen molar-refractivity contribution < 1.29 is 18.1 Å². The van der Waals surface area contributed by atoms with Gasteiger partial charge in [-0.2, -0.15) is 0 Å². The Labute approximate surface area is 156 Å². The third-order valence-corrected chi connectivity index (χ3v) is 4.79. The maximum atomic E-state index is 13.3. The lowest BCUT2D eigenvalue weighted by Crippen LogP contribution is -2.14. The molecular weight excluding hydrogens is 372 g/mol. The van der Waals surface area contributed by atoms with E-state index in [1.807, 2.05) is 18.2 Å². The minimum atomic E-state index is -0.622. The van der Waals surface area contributed by atoms with Crippen molar-refractivity contribution in [3.63, 3.8) is 0 Å². The van der Waals surface area contributed by atoms with E-state index in [9.17, 15) is 13.6 Å². The summed E-state index contributed by atoms with van der Waals surface area (Å²) in [5.41, 5.74) is 1.68. The fourth-order valence-electron chi connectivity index (χ4n) is 2.74. The maximum Gasteiger partial charge on any atom is 0.232 e. The molecular formula is C19H13F2N3O2S. The first kappa shape index (κ1) is 17.3. The third-order valence-electron chi connectivity index (χ3n) is 3.88. The second-order valence-electron chi connectivity index (χ2n) is 5.94. The van der Waals surface area contributed by atoms with Gasteiger partial charge in [-0.1, -0.05) is 17.3 Å². The Morgan fingerprint density at radius 1 is 1.15 bits per heavy atom. The highest BCUT2D eigenvalue weighted by Crippen LogP contribution is 2.23. The molecule has 1 amide bonds. The predicted octanol–water partition coefficient (Wildman–Crippen LogP) is 4.33. The van der Waals surface area contributed by atoms with Gasteiger partial charge in [-0.05, 0) is 29.8 Å². The van der Waals surface area contributed by atoms with Crippen molar-refractivity contribution in [1.29, 1.82) is 0 Å². The van der Waals surface area contributed by atoms with E-state index in [-0.39, 0.29) is 12.3 Å². The lowest BCUT2D eigenvalue weighted by molar-refractivity contribution is -0.115. The van der Waals surface area contributed by atoms with Crippen LogP contribution in [0, 0.1) is 11.6 Å². The quantitative estimate of drug-likeness (QED) is 0.555. The number of benzene rings is 2. The largest absolute Gasteiger partial charge is 0.356 e. The molecule has 0 bridgehead atoms. The molecule has 27 heavy (non-hydrogen) atoms. The fourth-order valence-corrected chi connectivity index (χ4v) is 3.61. The number of carbonyl (C=O) groups excluding carboxylic acids is 1.